The smallest absolute Gasteiger partial charge is 0.378 e. The fraction of sp³-hybridized carbons (Fsp3) is 0.269. The summed E-state index contributed by atoms with van der Waals surface area (Å²) in [6.45, 7) is 1.08. The van der Waals surface area contributed by atoms with Gasteiger partial charge in [0.2, 0.25) is 0 Å². The molecule has 180 valence electrons. The van der Waals surface area contributed by atoms with Gasteiger partial charge in [-0.3, -0.25) is 4.79 Å². The summed E-state index contributed by atoms with van der Waals surface area (Å²) in [5, 5.41) is 31.6. The molecule has 1 aliphatic carbocycles. The molecule has 3 unspecified atom stereocenters. The maximum atomic E-state index is 13.3. The Morgan fingerprint density at radius 2 is 1.86 bits per heavy atom. The summed E-state index contributed by atoms with van der Waals surface area (Å²) < 4.78 is 39.8. The maximum Gasteiger partial charge on any atom is 0.396 e. The van der Waals surface area contributed by atoms with Crippen molar-refractivity contribution in [3.63, 3.8) is 0 Å². The first-order chi connectivity index (χ1) is 16.5. The van der Waals surface area contributed by atoms with Crippen LogP contribution in [0.2, 0.25) is 0 Å². The van der Waals surface area contributed by atoms with E-state index in [1.54, 1.807) is 36.2 Å². The van der Waals surface area contributed by atoms with Gasteiger partial charge in [0, 0.05) is 24.0 Å². The van der Waals surface area contributed by atoms with Gasteiger partial charge in [0.1, 0.15) is 0 Å². The highest BCUT2D eigenvalue weighted by Gasteiger charge is 2.44. The second kappa shape index (κ2) is 10.0. The van der Waals surface area contributed by atoms with Gasteiger partial charge in [0.25, 0.3) is 5.91 Å². The molecular formula is C26H23F3N4O2. The summed E-state index contributed by atoms with van der Waals surface area (Å²) in [7, 11) is 1.65. The predicted molar refractivity (Wildman–Crippen MR) is 125 cm³/mol. The van der Waals surface area contributed by atoms with E-state index in [1.165, 1.54) is 13.0 Å². The zero-order valence-corrected chi connectivity index (χ0v) is 19.0. The second-order valence-corrected chi connectivity index (χ2v) is 8.50. The van der Waals surface area contributed by atoms with Crippen LogP contribution >= 0.6 is 0 Å². The Morgan fingerprint density at radius 1 is 1.17 bits per heavy atom. The van der Waals surface area contributed by atoms with E-state index in [0.717, 1.165) is 17.7 Å². The molecule has 0 aliphatic heterocycles. The van der Waals surface area contributed by atoms with E-state index in [9.17, 15) is 28.3 Å². The van der Waals surface area contributed by atoms with E-state index in [4.69, 9.17) is 5.26 Å². The fourth-order valence-electron chi connectivity index (χ4n) is 3.80. The number of alkyl halides is 3. The highest BCUT2D eigenvalue weighted by atomic mass is 19.4. The average Bonchev–Trinajstić information content (AvgIpc) is 2.83. The van der Waals surface area contributed by atoms with Crippen molar-refractivity contribution >= 4 is 11.6 Å². The molecule has 0 bridgehead atoms. The molecule has 0 fully saturated rings. The molecule has 2 N–H and O–H groups in total. The number of nitrogens with zero attached hydrogens (tertiary/aromatic N) is 3. The van der Waals surface area contributed by atoms with Gasteiger partial charge in [-0.05, 0) is 42.8 Å². The van der Waals surface area contributed by atoms with Crippen molar-refractivity contribution in [1.29, 1.82) is 10.5 Å². The third kappa shape index (κ3) is 5.89. The fourth-order valence-corrected chi connectivity index (χ4v) is 3.80. The Labute approximate surface area is 201 Å². The van der Waals surface area contributed by atoms with E-state index < -0.39 is 29.5 Å². The standard InChI is InChI=1S/C26H23F3N4O2/c1-25(35,24(34)32-20-10-8-19(15-31)23(12-20)26(27,28)29)16-33(2)21-11-9-18(14-30)22(13-21)17-6-4-3-5-7-17/h3-13,19,23,35H,16H2,1-2H3,(H,32,34). The molecule has 0 radical (unpaired) electrons. The maximum absolute atomic E-state index is 13.3. The van der Waals surface area contributed by atoms with Gasteiger partial charge < -0.3 is 15.3 Å². The zero-order chi connectivity index (χ0) is 25.8. The molecule has 0 aromatic heterocycles. The van der Waals surface area contributed by atoms with E-state index in [0.29, 0.717) is 16.8 Å². The lowest BCUT2D eigenvalue weighted by atomic mass is 9.87. The Morgan fingerprint density at radius 3 is 2.46 bits per heavy atom. The zero-order valence-electron chi connectivity index (χ0n) is 19.0. The van der Waals surface area contributed by atoms with Crippen LogP contribution in [0.25, 0.3) is 11.1 Å². The molecule has 1 aliphatic rings. The number of rotatable bonds is 6. The molecule has 3 atom stereocenters. The number of benzene rings is 2. The number of halogens is 3. The lowest BCUT2D eigenvalue weighted by molar-refractivity contribution is -0.166. The minimum absolute atomic E-state index is 0.142. The van der Waals surface area contributed by atoms with Crippen molar-refractivity contribution in [2.24, 2.45) is 11.8 Å². The first-order valence-corrected chi connectivity index (χ1v) is 10.7. The molecular weight excluding hydrogens is 457 g/mol. The second-order valence-electron chi connectivity index (χ2n) is 8.50. The van der Waals surface area contributed by atoms with Crippen molar-refractivity contribution in [2.75, 3.05) is 18.5 Å². The number of hydrogen-bond acceptors (Lipinski definition) is 5. The molecule has 3 rings (SSSR count). The minimum Gasteiger partial charge on any atom is -0.378 e. The quantitative estimate of drug-likeness (QED) is 0.642. The molecule has 9 heteroatoms. The summed E-state index contributed by atoms with van der Waals surface area (Å²) in [5.74, 6) is -4.35. The third-order valence-corrected chi connectivity index (χ3v) is 5.70. The summed E-state index contributed by atoms with van der Waals surface area (Å²) in [5.41, 5.74) is 0.491. The molecule has 0 saturated carbocycles. The van der Waals surface area contributed by atoms with Gasteiger partial charge >= 0.3 is 6.18 Å². The lowest BCUT2D eigenvalue weighted by Gasteiger charge is -2.30. The van der Waals surface area contributed by atoms with Crippen LogP contribution in [0.3, 0.4) is 0 Å². The van der Waals surface area contributed by atoms with Gasteiger partial charge in [0.15, 0.2) is 5.60 Å². The van der Waals surface area contributed by atoms with Crippen LogP contribution in [0.4, 0.5) is 18.9 Å². The highest BCUT2D eigenvalue weighted by Crippen LogP contribution is 2.36. The van der Waals surface area contributed by atoms with E-state index in [1.807, 2.05) is 30.3 Å². The monoisotopic (exact) mass is 480 g/mol. The van der Waals surface area contributed by atoms with Gasteiger partial charge in [-0.1, -0.05) is 36.4 Å². The van der Waals surface area contributed by atoms with Crippen molar-refractivity contribution in [1.82, 2.24) is 5.32 Å². The van der Waals surface area contributed by atoms with Crippen LogP contribution < -0.4 is 10.2 Å². The van der Waals surface area contributed by atoms with Crippen LogP contribution in [0, 0.1) is 34.5 Å². The molecule has 2 aromatic rings. The predicted octanol–water partition coefficient (Wildman–Crippen LogP) is 4.30. The van der Waals surface area contributed by atoms with Crippen molar-refractivity contribution in [2.45, 2.75) is 18.7 Å². The molecule has 2 aromatic carbocycles. The number of nitrogens with one attached hydrogen (secondary N) is 1. The Bertz CT molecular complexity index is 1240. The highest BCUT2D eigenvalue weighted by molar-refractivity contribution is 5.87. The van der Waals surface area contributed by atoms with Crippen molar-refractivity contribution in [3.8, 4) is 23.3 Å². The van der Waals surface area contributed by atoms with Gasteiger partial charge in [0.05, 0.1) is 36.1 Å². The van der Waals surface area contributed by atoms with Crippen molar-refractivity contribution < 1.29 is 23.1 Å². The number of anilines is 1. The lowest BCUT2D eigenvalue weighted by Crippen LogP contribution is -2.51. The third-order valence-electron chi connectivity index (χ3n) is 5.70. The summed E-state index contributed by atoms with van der Waals surface area (Å²) in [4.78, 5) is 14.4. The summed E-state index contributed by atoms with van der Waals surface area (Å²) in [6, 6.07) is 18.1. The number of carbonyl (C=O) groups excluding carboxylic acids is 1. The van der Waals surface area contributed by atoms with Gasteiger partial charge in [-0.2, -0.15) is 23.7 Å². The van der Waals surface area contributed by atoms with Crippen molar-refractivity contribution in [3.05, 3.63) is 78.0 Å². The number of amides is 1. The van der Waals surface area contributed by atoms with Crippen LogP contribution in [0.1, 0.15) is 12.5 Å². The largest absolute Gasteiger partial charge is 0.396 e. The van der Waals surface area contributed by atoms with Crippen LogP contribution in [0.5, 0.6) is 0 Å². The van der Waals surface area contributed by atoms with E-state index >= 15 is 0 Å². The topological polar surface area (TPSA) is 100 Å². The van der Waals surface area contributed by atoms with Gasteiger partial charge in [-0.15, -0.1) is 0 Å². The molecule has 35 heavy (non-hydrogen) atoms. The molecule has 0 spiro atoms. The van der Waals surface area contributed by atoms with Gasteiger partial charge in [-0.25, -0.2) is 0 Å². The Hall–Kier alpha value is -4.08. The molecule has 6 nitrogen and oxygen atoms in total. The Kier molecular flexibility index (Phi) is 7.33. The van der Waals surface area contributed by atoms with Crippen LogP contribution in [-0.2, 0) is 4.79 Å². The summed E-state index contributed by atoms with van der Waals surface area (Å²) in [6.07, 6.45) is -1.58. The van der Waals surface area contributed by atoms with E-state index in [2.05, 4.69) is 11.4 Å². The summed E-state index contributed by atoms with van der Waals surface area (Å²) >= 11 is 0. The SMILES string of the molecule is CN(CC(C)(O)C(=O)NC1=CC(C(F)(F)F)C(C#N)C=C1)c1ccc(C#N)c(-c2ccccc2)c1. The average molecular weight is 480 g/mol. The minimum atomic E-state index is -4.66. The number of likely N-dealkylation sites (N-methyl/N-ethyl adjacent to an activating group) is 1. The number of nitriles is 2. The Balaban J connectivity index is 1.77. The van der Waals surface area contributed by atoms with E-state index in [-0.39, 0.29) is 12.2 Å². The number of aliphatic hydroxyl groups is 1. The number of carbonyl (C=O) groups is 1. The normalized spacial score (nSPS) is 19.0. The van der Waals surface area contributed by atoms with Crippen LogP contribution in [0.15, 0.2) is 72.5 Å². The number of hydrogen-bond donors (Lipinski definition) is 2. The molecule has 0 heterocycles. The first kappa shape index (κ1) is 25.5. The molecule has 1 amide bonds. The van der Waals surface area contributed by atoms with Crippen LogP contribution in [-0.4, -0.2) is 36.4 Å². The first-order valence-electron chi connectivity index (χ1n) is 10.7. The number of allylic oxidation sites excluding steroid dienone is 3. The molecule has 0 saturated heterocycles.